The zero-order valence-corrected chi connectivity index (χ0v) is 21.4. The summed E-state index contributed by atoms with van der Waals surface area (Å²) < 4.78 is 35.3. The summed E-state index contributed by atoms with van der Waals surface area (Å²) in [6, 6.07) is 21.1. The number of ether oxygens (including phenoxy) is 2. The minimum atomic E-state index is -3.82. The molecule has 202 valence electrons. The maximum Gasteiger partial charge on any atom is 0.586 e. The number of nitrogens with zero attached hydrogens (tertiary/aromatic N) is 1. The third kappa shape index (κ3) is 5.57. The second-order valence-corrected chi connectivity index (χ2v) is 9.24. The van der Waals surface area contributed by atoms with Crippen LogP contribution in [0, 0.1) is 0 Å². The summed E-state index contributed by atoms with van der Waals surface area (Å²) in [7, 11) is 1.85. The summed E-state index contributed by atoms with van der Waals surface area (Å²) in [4.78, 5) is 39.9. The molecule has 2 N–H and O–H groups in total. The third-order valence-corrected chi connectivity index (χ3v) is 6.35. The maximum atomic E-state index is 13.3. The highest BCUT2D eigenvalue weighted by Gasteiger charge is 2.43. The lowest BCUT2D eigenvalue weighted by Crippen LogP contribution is -2.25. The van der Waals surface area contributed by atoms with Crippen molar-refractivity contribution >= 4 is 46.3 Å². The Bertz CT molecular complexity index is 1640. The molecule has 11 heteroatoms. The number of hydrogen-bond donors (Lipinski definition) is 2. The highest BCUT2D eigenvalue weighted by Crippen LogP contribution is 2.42. The topological polar surface area (TPSA) is 105 Å². The van der Waals surface area contributed by atoms with E-state index in [1.807, 2.05) is 24.1 Å². The number of halogens is 3. The zero-order chi connectivity index (χ0) is 28.6. The Kier molecular flexibility index (Phi) is 6.87. The molecule has 1 amide bonds. The third-order valence-electron chi connectivity index (χ3n) is 6.09. The predicted molar refractivity (Wildman–Crippen MR) is 143 cm³/mol. The molecule has 1 aliphatic rings. The second kappa shape index (κ2) is 10.3. The van der Waals surface area contributed by atoms with E-state index in [1.165, 1.54) is 24.3 Å². The Morgan fingerprint density at radius 1 is 0.775 bits per heavy atom. The number of nitrogens with one attached hydrogen (secondary N) is 1. The highest BCUT2D eigenvalue weighted by atomic mass is 35.5. The summed E-state index contributed by atoms with van der Waals surface area (Å²) in [5.41, 5.74) is 1.63. The number of carbonyl (C=O) groups is 3. The van der Waals surface area contributed by atoms with Gasteiger partial charge in [-0.2, -0.15) is 0 Å². The standard InChI is InChI=1S/C29H19ClF2N2O6/c1-34(23-9-4-20(30)5-10-23)22-7-2-16(3-8-22)26(35)17-12-18(14-19(13-17)28(37)38)27(36)33-21-6-11-24-25(15-21)40-29(31,32)39-24/h2-15H,1H3,(H,33,36)(H,37,38). The molecular weight excluding hydrogens is 546 g/mol. The number of carboxylic acids is 1. The Morgan fingerprint density at radius 2 is 1.35 bits per heavy atom. The quantitative estimate of drug-likeness (QED) is 0.243. The van der Waals surface area contributed by atoms with Gasteiger partial charge < -0.3 is 24.8 Å². The van der Waals surface area contributed by atoms with Crippen molar-refractivity contribution in [2.75, 3.05) is 17.3 Å². The van der Waals surface area contributed by atoms with Gasteiger partial charge in [-0.25, -0.2) is 4.79 Å². The molecule has 0 fully saturated rings. The smallest absolute Gasteiger partial charge is 0.478 e. The molecule has 0 spiro atoms. The number of carbonyl (C=O) groups excluding carboxylic acids is 2. The molecule has 0 radical (unpaired) electrons. The van der Waals surface area contributed by atoms with Gasteiger partial charge in [-0.15, -0.1) is 8.78 Å². The van der Waals surface area contributed by atoms with Gasteiger partial charge in [-0.1, -0.05) is 11.6 Å². The van der Waals surface area contributed by atoms with Crippen LogP contribution in [-0.2, 0) is 0 Å². The molecule has 1 aliphatic heterocycles. The first kappa shape index (κ1) is 26.6. The molecule has 0 saturated heterocycles. The van der Waals surface area contributed by atoms with E-state index in [-0.39, 0.29) is 39.4 Å². The molecule has 0 saturated carbocycles. The SMILES string of the molecule is CN(c1ccc(Cl)cc1)c1ccc(C(=O)c2cc(C(=O)O)cc(C(=O)Nc3ccc4c(c3)OC(F)(F)O4)c2)cc1. The Labute approximate surface area is 231 Å². The van der Waals surface area contributed by atoms with Crippen molar-refractivity contribution in [2.45, 2.75) is 6.29 Å². The summed E-state index contributed by atoms with van der Waals surface area (Å²) in [6.45, 7) is 0. The minimum absolute atomic E-state index is 0.0193. The van der Waals surface area contributed by atoms with Crippen molar-refractivity contribution in [3.8, 4) is 11.5 Å². The zero-order valence-electron chi connectivity index (χ0n) is 20.7. The van der Waals surface area contributed by atoms with Crippen molar-refractivity contribution < 1.29 is 37.7 Å². The molecule has 1 heterocycles. The molecule has 0 aromatic heterocycles. The maximum absolute atomic E-state index is 13.3. The van der Waals surface area contributed by atoms with Crippen molar-refractivity contribution in [1.82, 2.24) is 0 Å². The van der Waals surface area contributed by atoms with Gasteiger partial charge >= 0.3 is 12.3 Å². The molecule has 4 aromatic rings. The van der Waals surface area contributed by atoms with Crippen LogP contribution in [0.5, 0.6) is 11.5 Å². The van der Waals surface area contributed by atoms with Gasteiger partial charge in [0, 0.05) is 51.9 Å². The first-order valence-corrected chi connectivity index (χ1v) is 12.1. The molecule has 0 aliphatic carbocycles. The number of carboxylic acid groups (broad SMARTS) is 1. The highest BCUT2D eigenvalue weighted by molar-refractivity contribution is 6.30. The number of aromatic carboxylic acids is 1. The van der Waals surface area contributed by atoms with E-state index < -0.39 is 24.0 Å². The van der Waals surface area contributed by atoms with E-state index in [0.717, 1.165) is 23.5 Å². The molecule has 0 unspecified atom stereocenters. The molecule has 4 aromatic carbocycles. The molecule has 0 atom stereocenters. The molecule has 0 bridgehead atoms. The lowest BCUT2D eigenvalue weighted by atomic mass is 9.98. The second-order valence-electron chi connectivity index (χ2n) is 8.80. The summed E-state index contributed by atoms with van der Waals surface area (Å²) in [5.74, 6) is -3.07. The average molecular weight is 565 g/mol. The van der Waals surface area contributed by atoms with Crippen molar-refractivity contribution in [1.29, 1.82) is 0 Å². The summed E-state index contributed by atoms with van der Waals surface area (Å²) in [6.07, 6.45) is -3.82. The van der Waals surface area contributed by atoms with Crippen LogP contribution in [0.3, 0.4) is 0 Å². The number of ketones is 1. The number of anilines is 3. The van der Waals surface area contributed by atoms with Crippen LogP contribution in [0.2, 0.25) is 5.02 Å². The van der Waals surface area contributed by atoms with Crippen LogP contribution in [0.25, 0.3) is 0 Å². The van der Waals surface area contributed by atoms with Gasteiger partial charge in [0.05, 0.1) is 5.56 Å². The van der Waals surface area contributed by atoms with E-state index in [2.05, 4.69) is 14.8 Å². The van der Waals surface area contributed by atoms with E-state index in [9.17, 15) is 28.3 Å². The average Bonchev–Trinajstić information content (AvgIpc) is 3.25. The van der Waals surface area contributed by atoms with Crippen LogP contribution in [0.1, 0.15) is 36.6 Å². The number of amides is 1. The van der Waals surface area contributed by atoms with Gasteiger partial charge in [-0.05, 0) is 78.9 Å². The van der Waals surface area contributed by atoms with Crippen molar-refractivity contribution in [3.05, 3.63) is 112 Å². The van der Waals surface area contributed by atoms with E-state index in [0.29, 0.717) is 5.02 Å². The van der Waals surface area contributed by atoms with Crippen LogP contribution in [0.4, 0.5) is 25.8 Å². The van der Waals surface area contributed by atoms with Crippen molar-refractivity contribution in [2.24, 2.45) is 0 Å². The van der Waals surface area contributed by atoms with Crippen molar-refractivity contribution in [3.63, 3.8) is 0 Å². The monoisotopic (exact) mass is 564 g/mol. The summed E-state index contributed by atoms with van der Waals surface area (Å²) >= 11 is 5.96. The Morgan fingerprint density at radius 3 is 2.00 bits per heavy atom. The molecule has 8 nitrogen and oxygen atoms in total. The Balaban J connectivity index is 1.38. The number of fused-ring (bicyclic) bond motifs is 1. The lowest BCUT2D eigenvalue weighted by molar-refractivity contribution is -0.286. The van der Waals surface area contributed by atoms with Gasteiger partial charge in [0.1, 0.15) is 0 Å². The largest absolute Gasteiger partial charge is 0.586 e. The van der Waals surface area contributed by atoms with Crippen LogP contribution in [0.15, 0.2) is 84.9 Å². The van der Waals surface area contributed by atoms with Gasteiger partial charge in [0.2, 0.25) is 0 Å². The van der Waals surface area contributed by atoms with Crippen LogP contribution < -0.4 is 19.7 Å². The normalized spacial score (nSPS) is 13.0. The lowest BCUT2D eigenvalue weighted by Gasteiger charge is -2.19. The number of hydrogen-bond acceptors (Lipinski definition) is 6. The predicted octanol–water partition coefficient (Wildman–Crippen LogP) is 6.61. The number of benzene rings is 4. The first-order valence-electron chi connectivity index (χ1n) is 11.7. The fourth-order valence-electron chi connectivity index (χ4n) is 4.06. The van der Waals surface area contributed by atoms with E-state index in [1.54, 1.807) is 36.4 Å². The van der Waals surface area contributed by atoms with Gasteiger partial charge in [0.15, 0.2) is 17.3 Å². The first-order chi connectivity index (χ1) is 19.0. The molecule has 5 rings (SSSR count). The van der Waals surface area contributed by atoms with Gasteiger partial charge in [-0.3, -0.25) is 9.59 Å². The summed E-state index contributed by atoms with van der Waals surface area (Å²) in [5, 5.41) is 12.7. The van der Waals surface area contributed by atoms with E-state index >= 15 is 0 Å². The van der Waals surface area contributed by atoms with Crippen LogP contribution in [-0.4, -0.2) is 36.1 Å². The molecule has 40 heavy (non-hydrogen) atoms. The fourth-order valence-corrected chi connectivity index (χ4v) is 4.19. The Hall–Kier alpha value is -4.96. The van der Waals surface area contributed by atoms with Gasteiger partial charge in [0.25, 0.3) is 5.91 Å². The van der Waals surface area contributed by atoms with Crippen LogP contribution >= 0.6 is 11.6 Å². The minimum Gasteiger partial charge on any atom is -0.478 e. The fraction of sp³-hybridized carbons (Fsp3) is 0.0690. The number of alkyl halides is 2. The van der Waals surface area contributed by atoms with E-state index in [4.69, 9.17) is 11.6 Å². The number of rotatable bonds is 7. The molecular formula is C29H19ClF2N2O6.